The number of carboxylic acid groups (broad SMARTS) is 1. The van der Waals surface area contributed by atoms with E-state index in [0.29, 0.717) is 24.5 Å². The molecule has 0 saturated carbocycles. The van der Waals surface area contributed by atoms with Gasteiger partial charge in [0.1, 0.15) is 0 Å². The summed E-state index contributed by atoms with van der Waals surface area (Å²) in [5, 5.41) is 11.4. The van der Waals surface area contributed by atoms with Crippen LogP contribution in [0.5, 0.6) is 11.5 Å². The molecule has 0 amide bonds. The minimum atomic E-state index is -0.827. The van der Waals surface area contributed by atoms with Gasteiger partial charge < -0.3 is 14.6 Å². The summed E-state index contributed by atoms with van der Waals surface area (Å²) in [5.74, 6) is -0.112. The molecule has 22 heavy (non-hydrogen) atoms. The summed E-state index contributed by atoms with van der Waals surface area (Å²) in [6, 6.07) is 9.32. The maximum atomic E-state index is 11.6. The topological polar surface area (TPSA) is 55.8 Å². The number of benzene rings is 1. The first-order chi connectivity index (χ1) is 10.7. The molecule has 0 fully saturated rings. The van der Waals surface area contributed by atoms with Crippen molar-refractivity contribution >= 4 is 17.3 Å². The molecule has 0 aliphatic carbocycles. The third kappa shape index (κ3) is 3.80. The number of hydrogen-bond donors (Lipinski definition) is 1. The predicted molar refractivity (Wildman–Crippen MR) is 87.2 cm³/mol. The monoisotopic (exact) mass is 320 g/mol. The van der Waals surface area contributed by atoms with Crippen LogP contribution in [0.1, 0.15) is 29.7 Å². The number of methoxy groups -OCH3 is 1. The molecular formula is C17H20O4S. The van der Waals surface area contributed by atoms with Crippen LogP contribution in [0, 0.1) is 0 Å². The van der Waals surface area contributed by atoms with E-state index in [1.807, 2.05) is 42.6 Å². The molecule has 1 heterocycles. The van der Waals surface area contributed by atoms with E-state index < -0.39 is 11.9 Å². The Morgan fingerprint density at radius 1 is 1.32 bits per heavy atom. The van der Waals surface area contributed by atoms with Crippen molar-refractivity contribution in [3.8, 4) is 11.5 Å². The Labute approximate surface area is 134 Å². The number of thiophene rings is 1. The summed E-state index contributed by atoms with van der Waals surface area (Å²) < 4.78 is 11.1. The van der Waals surface area contributed by atoms with E-state index in [4.69, 9.17) is 9.47 Å². The van der Waals surface area contributed by atoms with Gasteiger partial charge in [-0.3, -0.25) is 4.79 Å². The lowest BCUT2D eigenvalue weighted by Crippen LogP contribution is -2.14. The van der Waals surface area contributed by atoms with Crippen LogP contribution in [0.4, 0.5) is 0 Å². The van der Waals surface area contributed by atoms with Crippen LogP contribution in [-0.2, 0) is 11.2 Å². The number of ether oxygens (including phenoxy) is 2. The normalized spacial score (nSPS) is 11.9. The number of hydrogen-bond acceptors (Lipinski definition) is 4. The lowest BCUT2D eigenvalue weighted by molar-refractivity contribution is -0.138. The fourth-order valence-corrected chi connectivity index (χ4v) is 3.09. The van der Waals surface area contributed by atoms with Crippen LogP contribution in [-0.4, -0.2) is 24.8 Å². The van der Waals surface area contributed by atoms with Crippen molar-refractivity contribution in [2.24, 2.45) is 0 Å². The van der Waals surface area contributed by atoms with Crippen molar-refractivity contribution in [3.63, 3.8) is 0 Å². The van der Waals surface area contributed by atoms with Crippen molar-refractivity contribution in [3.05, 3.63) is 46.2 Å². The highest BCUT2D eigenvalue weighted by molar-refractivity contribution is 7.10. The van der Waals surface area contributed by atoms with Gasteiger partial charge in [0.25, 0.3) is 0 Å². The summed E-state index contributed by atoms with van der Waals surface area (Å²) in [4.78, 5) is 12.5. The molecule has 0 bridgehead atoms. The second kappa shape index (κ2) is 7.84. The fourth-order valence-electron chi connectivity index (χ4n) is 2.27. The van der Waals surface area contributed by atoms with E-state index in [9.17, 15) is 9.90 Å². The first kappa shape index (κ1) is 16.4. The summed E-state index contributed by atoms with van der Waals surface area (Å²) in [7, 11) is 1.59. The van der Waals surface area contributed by atoms with Crippen molar-refractivity contribution in [2.45, 2.75) is 25.7 Å². The summed E-state index contributed by atoms with van der Waals surface area (Å²) in [6.45, 7) is 2.60. The zero-order chi connectivity index (χ0) is 15.9. The molecule has 0 saturated heterocycles. The largest absolute Gasteiger partial charge is 0.493 e. The molecule has 0 radical (unpaired) electrons. The maximum absolute atomic E-state index is 11.6. The Hall–Kier alpha value is -2.01. The van der Waals surface area contributed by atoms with Crippen molar-refractivity contribution in [1.82, 2.24) is 0 Å². The van der Waals surface area contributed by atoms with Crippen molar-refractivity contribution in [2.75, 3.05) is 13.7 Å². The third-order valence-electron chi connectivity index (χ3n) is 3.34. The molecule has 1 unspecified atom stereocenters. The molecule has 118 valence electrons. The van der Waals surface area contributed by atoms with Gasteiger partial charge in [0.15, 0.2) is 11.5 Å². The molecule has 1 aromatic carbocycles. The molecular weight excluding hydrogens is 300 g/mol. The van der Waals surface area contributed by atoms with Crippen LogP contribution in [0.2, 0.25) is 0 Å². The van der Waals surface area contributed by atoms with Gasteiger partial charge in [-0.15, -0.1) is 11.3 Å². The summed E-state index contributed by atoms with van der Waals surface area (Å²) in [6.07, 6.45) is 1.26. The number of rotatable bonds is 8. The average Bonchev–Trinajstić information content (AvgIpc) is 3.04. The van der Waals surface area contributed by atoms with Gasteiger partial charge in [-0.25, -0.2) is 0 Å². The zero-order valence-corrected chi connectivity index (χ0v) is 13.6. The fraction of sp³-hybridized carbons (Fsp3) is 0.353. The van der Waals surface area contributed by atoms with Crippen molar-refractivity contribution < 1.29 is 19.4 Å². The Balaban J connectivity index is 2.32. The van der Waals surface area contributed by atoms with E-state index in [1.165, 1.54) is 11.3 Å². The molecule has 1 aromatic heterocycles. The summed E-state index contributed by atoms with van der Waals surface area (Å²) in [5.41, 5.74) is 0.855. The molecule has 0 spiro atoms. The van der Waals surface area contributed by atoms with Crippen LogP contribution in [0.25, 0.3) is 0 Å². The van der Waals surface area contributed by atoms with E-state index >= 15 is 0 Å². The summed E-state index contributed by atoms with van der Waals surface area (Å²) >= 11 is 1.46. The van der Waals surface area contributed by atoms with E-state index in [1.54, 1.807) is 7.11 Å². The number of carbonyl (C=O) groups is 1. The second-order valence-electron chi connectivity index (χ2n) is 4.91. The number of carboxylic acids is 1. The molecule has 2 aromatic rings. The molecule has 2 rings (SSSR count). The number of aliphatic carboxylic acids is 1. The second-order valence-corrected chi connectivity index (χ2v) is 5.89. The van der Waals surface area contributed by atoms with Gasteiger partial charge in [0.2, 0.25) is 0 Å². The first-order valence-corrected chi connectivity index (χ1v) is 8.10. The van der Waals surface area contributed by atoms with Crippen LogP contribution in [0.3, 0.4) is 0 Å². The molecule has 1 N–H and O–H groups in total. The van der Waals surface area contributed by atoms with Crippen LogP contribution >= 0.6 is 11.3 Å². The van der Waals surface area contributed by atoms with Gasteiger partial charge >= 0.3 is 5.97 Å². The standard InChI is InChI=1S/C17H20O4S/c1-3-9-21-16-12(6-4-7-14(16)20-2)11-13(17(18)19)15-8-5-10-22-15/h4-8,10,13H,3,9,11H2,1-2H3,(H,18,19). The predicted octanol–water partition coefficient (Wildman–Crippen LogP) is 3.96. The van der Waals surface area contributed by atoms with Gasteiger partial charge in [0.05, 0.1) is 19.6 Å². The van der Waals surface area contributed by atoms with E-state index in [2.05, 4.69) is 0 Å². The first-order valence-electron chi connectivity index (χ1n) is 7.22. The Kier molecular flexibility index (Phi) is 5.83. The minimum absolute atomic E-state index is 0.381. The lowest BCUT2D eigenvalue weighted by Gasteiger charge is -2.17. The minimum Gasteiger partial charge on any atom is -0.493 e. The Bertz CT molecular complexity index is 607. The average molecular weight is 320 g/mol. The van der Waals surface area contributed by atoms with E-state index in [-0.39, 0.29) is 0 Å². The number of para-hydroxylation sites is 1. The maximum Gasteiger partial charge on any atom is 0.312 e. The SMILES string of the molecule is CCCOc1c(CC(C(=O)O)c2cccs2)cccc1OC. The van der Waals surface area contributed by atoms with Crippen LogP contribution < -0.4 is 9.47 Å². The smallest absolute Gasteiger partial charge is 0.312 e. The molecule has 4 nitrogen and oxygen atoms in total. The van der Waals surface area contributed by atoms with Gasteiger partial charge in [-0.1, -0.05) is 25.1 Å². The van der Waals surface area contributed by atoms with Gasteiger partial charge in [0, 0.05) is 4.88 Å². The lowest BCUT2D eigenvalue weighted by atomic mass is 9.97. The van der Waals surface area contributed by atoms with Gasteiger partial charge in [-0.05, 0) is 35.9 Å². The van der Waals surface area contributed by atoms with Crippen LogP contribution in [0.15, 0.2) is 35.7 Å². The Morgan fingerprint density at radius 3 is 2.73 bits per heavy atom. The molecule has 0 aliphatic heterocycles. The molecule has 5 heteroatoms. The zero-order valence-electron chi connectivity index (χ0n) is 12.7. The molecule has 1 atom stereocenters. The van der Waals surface area contributed by atoms with Gasteiger partial charge in [-0.2, -0.15) is 0 Å². The highest BCUT2D eigenvalue weighted by atomic mass is 32.1. The molecule has 0 aliphatic rings. The van der Waals surface area contributed by atoms with E-state index in [0.717, 1.165) is 16.9 Å². The third-order valence-corrected chi connectivity index (χ3v) is 4.33. The highest BCUT2D eigenvalue weighted by Crippen LogP contribution is 2.35. The quantitative estimate of drug-likeness (QED) is 0.800. The Morgan fingerprint density at radius 2 is 2.14 bits per heavy atom. The van der Waals surface area contributed by atoms with Crippen molar-refractivity contribution in [1.29, 1.82) is 0 Å². The highest BCUT2D eigenvalue weighted by Gasteiger charge is 2.24.